The summed E-state index contributed by atoms with van der Waals surface area (Å²) < 4.78 is 33.2. The third kappa shape index (κ3) is 22.5. The number of rotatable bonds is 28. The number of fused-ring (bicyclic) bond motifs is 6. The van der Waals surface area contributed by atoms with Crippen molar-refractivity contribution in [3.8, 4) is 41.8 Å². The third-order valence-electron chi connectivity index (χ3n) is 28.6. The molecule has 33 nitrogen and oxygen atoms in total. The van der Waals surface area contributed by atoms with Crippen molar-refractivity contribution < 1.29 is 72.3 Å². The molecular formula is C99H130F2N20O13S4. The van der Waals surface area contributed by atoms with Crippen molar-refractivity contribution >= 4 is 116 Å². The number of likely N-dealkylation sites (tertiary alicyclic amines) is 1. The Kier molecular flexibility index (Phi) is 30.6. The first-order chi connectivity index (χ1) is 65.6. The molecular weight excluding hydrogens is 1840 g/mol. The molecule has 0 spiro atoms. The van der Waals surface area contributed by atoms with Crippen LogP contribution < -0.4 is 42.5 Å². The minimum absolute atomic E-state index is 0.0102. The highest BCUT2D eigenvalue weighted by Crippen LogP contribution is 2.48. The Morgan fingerprint density at radius 3 is 1.05 bits per heavy atom. The molecule has 3 saturated carbocycles. The number of aliphatic hydroxyl groups is 4. The maximum Gasteiger partial charge on any atom is 0.280 e. The number of nitrogens with one attached hydrogen (secondary N) is 8. The molecule has 0 unspecified atom stereocenters. The van der Waals surface area contributed by atoms with Crippen LogP contribution in [0.15, 0.2) is 49.1 Å². The number of thiazole rings is 4. The molecule has 11 fully saturated rings. The van der Waals surface area contributed by atoms with Gasteiger partial charge in [0, 0.05) is 126 Å². The standard InChI is InChI=1S/C26H33N5O4S.C26H33N5O3S.C25H35N5O3S.C22H29F2N5O3S/c1-13-9-21(28-14(2)15-3-4-15)27-10-18(13)23-22(26(34)31-16-5-6-17(31)8-7-16)30-25(36-23)24(33)29-19-11-35-12-20(19)32;1-13-11-21(28-14(2)15-3-4-15)27-12-18(13)23-22(26(34)31-16-5-6-17(31)8-7-16)30-25(35-23)24(33)29-19-9-10-20(19)32;1-13(2)27-19-11-14(3)18(12-26-19)21-20(24(32)30-16-7-8-17(30)10-9-16)29-23(34-21)22(31)28-15(4)25(5,6)33;1-11(2)26-16-6-12(3)15(8-25-16)18-17(21(32)29-10-22(23,24)7-14(29)5)28-20(33-18)19(31)27-13(4)9-30/h9-10,14-17,19-20,32H,3-8,11-12H2,1-2H3,(H,27,28)(H,29,33);11-12,14-17,19-20,32H,3-10H2,1-2H3,(H,27,28)(H,29,33);11-13,15-17,33H,7-10H2,1-6H3,(H,26,27)(H,28,31);6,8,11,13-14,30H,7,9-10H2,1-5H3,(H,25,26)(H,27,31)/t2*14-,16?,17?,19-,20-;15-,16?,17?;13-,14+/m1101/s1. The number of alkyl halides is 2. The van der Waals surface area contributed by atoms with E-state index in [9.17, 15) is 67.6 Å². The van der Waals surface area contributed by atoms with Crippen molar-refractivity contribution in [1.29, 1.82) is 0 Å². The largest absolute Gasteiger partial charge is 0.394 e. The summed E-state index contributed by atoms with van der Waals surface area (Å²) in [5.41, 5.74) is 6.63. The van der Waals surface area contributed by atoms with E-state index in [-0.39, 0.29) is 124 Å². The number of carbonyl (C=O) groups excluding carboxylic acids is 8. The number of amides is 8. The van der Waals surface area contributed by atoms with Gasteiger partial charge in [0.05, 0.1) is 81.8 Å². The number of hydrogen-bond donors (Lipinski definition) is 12. The fourth-order valence-electron chi connectivity index (χ4n) is 20.0. The Morgan fingerprint density at radius 2 is 0.775 bits per heavy atom. The zero-order valence-corrected chi connectivity index (χ0v) is 84.3. The first-order valence-electron chi connectivity index (χ1n) is 48.8. The number of nitrogens with zero attached hydrogens (tertiary/aromatic N) is 12. The Labute approximate surface area is 819 Å². The highest BCUT2D eigenvalue weighted by molar-refractivity contribution is 7.18. The predicted octanol–water partition coefficient (Wildman–Crippen LogP) is 14.0. The van der Waals surface area contributed by atoms with Crippen LogP contribution in [0.3, 0.4) is 0 Å². The molecule has 0 radical (unpaired) electrons. The molecule has 16 heterocycles. The van der Waals surface area contributed by atoms with Crippen LogP contribution in [-0.2, 0) is 4.74 Å². The average molecular weight is 1970 g/mol. The Hall–Kier alpha value is -10.3. The molecule has 19 rings (SSSR count). The van der Waals surface area contributed by atoms with Crippen LogP contribution in [0, 0.1) is 39.5 Å². The van der Waals surface area contributed by atoms with E-state index in [4.69, 9.17) is 4.74 Å². The fraction of sp³-hybridized carbons (Fsp3) is 0.596. The van der Waals surface area contributed by atoms with Crippen molar-refractivity contribution in [1.82, 2.24) is 80.7 Å². The van der Waals surface area contributed by atoms with E-state index >= 15 is 0 Å². The lowest BCUT2D eigenvalue weighted by Gasteiger charge is -2.32. The minimum atomic E-state index is -2.97. The topological polar surface area (TPSA) is 439 Å². The molecule has 9 atom stereocenters. The van der Waals surface area contributed by atoms with Crippen LogP contribution in [0.1, 0.15) is 302 Å². The molecule has 12 N–H and O–H groups in total. The highest BCUT2D eigenvalue weighted by Gasteiger charge is 2.50. The smallest absolute Gasteiger partial charge is 0.280 e. The zero-order chi connectivity index (χ0) is 98.5. The van der Waals surface area contributed by atoms with Gasteiger partial charge in [0.2, 0.25) is 0 Å². The van der Waals surface area contributed by atoms with Gasteiger partial charge in [-0.25, -0.2) is 48.7 Å². The van der Waals surface area contributed by atoms with E-state index < -0.39 is 84.5 Å². The predicted molar refractivity (Wildman–Crippen MR) is 528 cm³/mol. The molecule has 8 saturated heterocycles. The van der Waals surface area contributed by atoms with E-state index in [0.29, 0.717) is 78.3 Å². The molecule has 8 aliphatic heterocycles. The quantitative estimate of drug-likeness (QED) is 0.0217. The third-order valence-corrected chi connectivity index (χ3v) is 33.0. The van der Waals surface area contributed by atoms with E-state index in [1.165, 1.54) is 59.7 Å². The van der Waals surface area contributed by atoms with E-state index in [1.54, 1.807) is 59.4 Å². The highest BCUT2D eigenvalue weighted by atomic mass is 32.1. The number of aromatic nitrogens is 8. The number of ether oxygens (including phenoxy) is 1. The Balaban J connectivity index is 0.000000133. The van der Waals surface area contributed by atoms with E-state index in [0.717, 1.165) is 156 Å². The molecule has 3 aliphatic carbocycles. The summed E-state index contributed by atoms with van der Waals surface area (Å²) in [7, 11) is 0. The first-order valence-corrected chi connectivity index (χ1v) is 52.1. The van der Waals surface area contributed by atoms with Gasteiger partial charge in [0.25, 0.3) is 53.2 Å². The maximum absolute atomic E-state index is 14.0. The van der Waals surface area contributed by atoms with Crippen LogP contribution in [-0.4, -0.2) is 268 Å². The van der Waals surface area contributed by atoms with E-state index in [2.05, 4.69) is 110 Å². The van der Waals surface area contributed by atoms with Gasteiger partial charge in [-0.1, -0.05) is 0 Å². The van der Waals surface area contributed by atoms with Crippen LogP contribution in [0.5, 0.6) is 0 Å². The zero-order valence-electron chi connectivity index (χ0n) is 81.1. The van der Waals surface area contributed by atoms with Crippen molar-refractivity contribution in [3.63, 3.8) is 0 Å². The van der Waals surface area contributed by atoms with Gasteiger partial charge in [-0.15, -0.1) is 45.3 Å². The number of aliphatic hydroxyl groups excluding tert-OH is 3. The second kappa shape index (κ2) is 41.9. The number of hydrogen-bond acceptors (Lipinski definition) is 29. The molecule has 8 aromatic rings. The van der Waals surface area contributed by atoms with Crippen LogP contribution >= 0.6 is 45.3 Å². The molecule has 8 aromatic heterocycles. The van der Waals surface area contributed by atoms with Gasteiger partial charge in [0.15, 0.2) is 20.0 Å². The van der Waals surface area contributed by atoms with Crippen LogP contribution in [0.4, 0.5) is 32.1 Å². The number of aryl methyl sites for hydroxylation is 4. The summed E-state index contributed by atoms with van der Waals surface area (Å²) in [5.74, 6) is -1.07. The summed E-state index contributed by atoms with van der Waals surface area (Å²) in [6.07, 6.45) is 24.2. The Bertz CT molecular complexity index is 5810. The molecule has 0 aromatic carbocycles. The molecule has 138 heavy (non-hydrogen) atoms. The van der Waals surface area contributed by atoms with E-state index in [1.807, 2.05) is 80.5 Å². The van der Waals surface area contributed by atoms with Crippen molar-refractivity contribution in [2.75, 3.05) is 47.6 Å². The molecule has 742 valence electrons. The van der Waals surface area contributed by atoms with Crippen molar-refractivity contribution in [2.45, 2.75) is 340 Å². The SMILES string of the molecule is Cc1cc(NC(C)C)ncc1-c1sc(C(=O)N[C@@H](C)C(C)(C)O)nc1C(=O)N1C2CCC1CC2.Cc1cc(NC(C)C)ncc1-c1sc(C(=O)N[C@H](C)CO)nc1C(=O)N1CC(F)(F)C[C@@H]1C.Cc1cc(N[C@H](C)C2CC2)ncc1-c1sc(C(=O)N[C@@H]2CC[C@H]2O)nc1C(=O)N1C2CCC1CC2.Cc1cc(N[C@H](C)C2CC2)ncc1-c1sc(C(=O)N[C@@H]2COC[C@H]2O)nc1C(=O)N1C2CCC1CC2. The summed E-state index contributed by atoms with van der Waals surface area (Å²) in [6.45, 7) is 28.0. The molecule has 6 bridgehead atoms. The fourth-order valence-corrected chi connectivity index (χ4v) is 24.2. The van der Waals surface area contributed by atoms with Crippen molar-refractivity contribution in [2.24, 2.45) is 11.8 Å². The van der Waals surface area contributed by atoms with Gasteiger partial charge in [-0.2, -0.15) is 0 Å². The van der Waals surface area contributed by atoms with Gasteiger partial charge in [-0.3, -0.25) is 38.4 Å². The van der Waals surface area contributed by atoms with Crippen LogP contribution in [0.25, 0.3) is 41.8 Å². The lowest BCUT2D eigenvalue weighted by atomic mass is 9.89. The Morgan fingerprint density at radius 1 is 0.449 bits per heavy atom. The molecule has 8 amide bonds. The summed E-state index contributed by atoms with van der Waals surface area (Å²) in [5, 5.41) is 64.7. The molecule has 39 heteroatoms. The van der Waals surface area contributed by atoms with Crippen LogP contribution in [0.2, 0.25) is 0 Å². The number of halogens is 2. The lowest BCUT2D eigenvalue weighted by molar-refractivity contribution is 0.0117. The molecule has 11 aliphatic rings. The first kappa shape index (κ1) is 101. The summed E-state index contributed by atoms with van der Waals surface area (Å²) in [4.78, 5) is 152. The second-order valence-electron chi connectivity index (χ2n) is 40.6. The van der Waals surface area contributed by atoms with Gasteiger partial charge in [-0.05, 0) is 278 Å². The van der Waals surface area contributed by atoms with Gasteiger partial charge in [0.1, 0.15) is 46.0 Å². The van der Waals surface area contributed by atoms with Gasteiger partial charge < -0.3 is 87.3 Å². The number of carbonyl (C=O) groups is 8. The van der Waals surface area contributed by atoms with Gasteiger partial charge >= 0.3 is 0 Å². The number of pyridine rings is 4. The maximum atomic E-state index is 14.0. The average Bonchev–Trinajstić information content (AvgIpc) is 1.62. The number of anilines is 4. The summed E-state index contributed by atoms with van der Waals surface area (Å²) >= 11 is 4.65. The minimum Gasteiger partial charge on any atom is -0.394 e. The normalized spacial score (nSPS) is 23.9. The monoisotopic (exact) mass is 1970 g/mol. The summed E-state index contributed by atoms with van der Waals surface area (Å²) in [6, 6.07) is 8.20. The second-order valence-corrected chi connectivity index (χ2v) is 44.6. The van der Waals surface area contributed by atoms with Crippen molar-refractivity contribution in [3.05, 3.63) is 114 Å². The lowest BCUT2D eigenvalue weighted by Crippen LogP contribution is -2.50.